The molecule has 102 valence electrons. The maximum absolute atomic E-state index is 12.5. The van der Waals surface area contributed by atoms with E-state index in [1.54, 1.807) is 17.1 Å². The standard InChI is InChI=1S/C12H12N6OS/c1-7-10(20-16-15-7)5-17-6-13-11-9(12(17)19)4-14-18(11)8-2-3-8/h4,6,8H,2-3,5H2,1H3. The Bertz CT molecular complexity index is 843. The molecule has 3 aromatic rings. The summed E-state index contributed by atoms with van der Waals surface area (Å²) in [6, 6.07) is 0.420. The summed E-state index contributed by atoms with van der Waals surface area (Å²) in [5.74, 6) is 0. The van der Waals surface area contributed by atoms with Crippen molar-refractivity contribution in [1.82, 2.24) is 28.9 Å². The summed E-state index contributed by atoms with van der Waals surface area (Å²) in [6.45, 7) is 2.35. The summed E-state index contributed by atoms with van der Waals surface area (Å²) in [4.78, 5) is 17.8. The SMILES string of the molecule is Cc1nnsc1Cn1cnc2c(cnn2C2CC2)c1=O. The van der Waals surface area contributed by atoms with Gasteiger partial charge in [-0.3, -0.25) is 9.36 Å². The van der Waals surface area contributed by atoms with Crippen molar-refractivity contribution in [3.05, 3.63) is 33.4 Å². The minimum Gasteiger partial charge on any atom is -0.293 e. The number of fused-ring (bicyclic) bond motifs is 1. The van der Waals surface area contributed by atoms with Gasteiger partial charge in [-0.25, -0.2) is 9.67 Å². The van der Waals surface area contributed by atoms with Crippen LogP contribution in [-0.2, 0) is 6.54 Å². The second-order valence-electron chi connectivity index (χ2n) is 5.02. The zero-order valence-corrected chi connectivity index (χ0v) is 11.7. The molecule has 1 aliphatic carbocycles. The topological polar surface area (TPSA) is 78.5 Å². The Kier molecular flexibility index (Phi) is 2.46. The maximum atomic E-state index is 12.5. The van der Waals surface area contributed by atoms with Gasteiger partial charge in [-0.15, -0.1) is 5.10 Å². The molecule has 8 heteroatoms. The Morgan fingerprint density at radius 2 is 2.30 bits per heavy atom. The smallest absolute Gasteiger partial charge is 0.264 e. The zero-order valence-electron chi connectivity index (χ0n) is 10.9. The van der Waals surface area contributed by atoms with Gasteiger partial charge in [0.2, 0.25) is 0 Å². The van der Waals surface area contributed by atoms with E-state index >= 15 is 0 Å². The maximum Gasteiger partial charge on any atom is 0.264 e. The minimum atomic E-state index is -0.0605. The molecule has 3 heterocycles. The molecule has 1 saturated carbocycles. The minimum absolute atomic E-state index is 0.0605. The quantitative estimate of drug-likeness (QED) is 0.722. The summed E-state index contributed by atoms with van der Waals surface area (Å²) in [6.07, 6.45) is 5.45. The predicted molar refractivity (Wildman–Crippen MR) is 73.8 cm³/mol. The Labute approximate surface area is 118 Å². The lowest BCUT2D eigenvalue weighted by molar-refractivity contribution is 0.655. The average Bonchev–Trinajstić information content (AvgIpc) is 3.07. The van der Waals surface area contributed by atoms with Crippen LogP contribution in [0.1, 0.15) is 29.5 Å². The number of nitrogens with zero attached hydrogens (tertiary/aromatic N) is 6. The van der Waals surface area contributed by atoms with Crippen LogP contribution in [-0.4, -0.2) is 28.9 Å². The molecule has 3 aromatic heterocycles. The second-order valence-corrected chi connectivity index (χ2v) is 5.86. The predicted octanol–water partition coefficient (Wildman–Crippen LogP) is 1.14. The molecular formula is C12H12N6OS. The summed E-state index contributed by atoms with van der Waals surface area (Å²) >= 11 is 1.31. The Balaban J connectivity index is 1.80. The van der Waals surface area contributed by atoms with E-state index in [4.69, 9.17) is 0 Å². The normalized spacial score (nSPS) is 15.1. The Morgan fingerprint density at radius 3 is 3.00 bits per heavy atom. The average molecular weight is 288 g/mol. The highest BCUT2D eigenvalue weighted by molar-refractivity contribution is 7.05. The van der Waals surface area contributed by atoms with Crippen molar-refractivity contribution in [3.63, 3.8) is 0 Å². The van der Waals surface area contributed by atoms with Gasteiger partial charge >= 0.3 is 0 Å². The fourth-order valence-corrected chi connectivity index (χ4v) is 2.85. The first-order chi connectivity index (χ1) is 9.74. The molecule has 0 N–H and O–H groups in total. The van der Waals surface area contributed by atoms with E-state index < -0.39 is 0 Å². The van der Waals surface area contributed by atoms with Crippen LogP contribution in [0, 0.1) is 6.92 Å². The van der Waals surface area contributed by atoms with Crippen molar-refractivity contribution in [1.29, 1.82) is 0 Å². The molecule has 0 atom stereocenters. The molecular weight excluding hydrogens is 276 g/mol. The van der Waals surface area contributed by atoms with E-state index in [2.05, 4.69) is 19.7 Å². The van der Waals surface area contributed by atoms with E-state index in [0.29, 0.717) is 23.6 Å². The molecule has 0 bridgehead atoms. The fraction of sp³-hybridized carbons (Fsp3) is 0.417. The van der Waals surface area contributed by atoms with E-state index in [-0.39, 0.29) is 5.56 Å². The number of aryl methyl sites for hydroxylation is 1. The largest absolute Gasteiger partial charge is 0.293 e. The molecule has 1 aliphatic rings. The van der Waals surface area contributed by atoms with Gasteiger partial charge in [0, 0.05) is 0 Å². The van der Waals surface area contributed by atoms with Gasteiger partial charge in [-0.05, 0) is 31.3 Å². The summed E-state index contributed by atoms with van der Waals surface area (Å²) in [5, 5.41) is 8.83. The van der Waals surface area contributed by atoms with Gasteiger partial charge in [0.1, 0.15) is 11.7 Å². The molecule has 1 fully saturated rings. The molecule has 4 rings (SSSR count). The number of hydrogen-bond acceptors (Lipinski definition) is 6. The van der Waals surface area contributed by atoms with Crippen molar-refractivity contribution in [2.24, 2.45) is 0 Å². The molecule has 0 spiro atoms. The molecule has 0 unspecified atom stereocenters. The summed E-state index contributed by atoms with van der Waals surface area (Å²) in [7, 11) is 0. The fourth-order valence-electron chi connectivity index (χ4n) is 2.22. The first-order valence-corrected chi connectivity index (χ1v) is 7.22. The van der Waals surface area contributed by atoms with Crippen molar-refractivity contribution >= 4 is 22.6 Å². The molecule has 20 heavy (non-hydrogen) atoms. The molecule has 0 amide bonds. The lowest BCUT2D eigenvalue weighted by Gasteiger charge is -2.04. The van der Waals surface area contributed by atoms with Crippen LogP contribution in [0.15, 0.2) is 17.3 Å². The van der Waals surface area contributed by atoms with Crippen LogP contribution in [0.25, 0.3) is 11.0 Å². The number of aromatic nitrogens is 6. The Hall–Kier alpha value is -2.09. The second kappa shape index (κ2) is 4.20. The van der Waals surface area contributed by atoms with Gasteiger partial charge in [0.25, 0.3) is 5.56 Å². The lowest BCUT2D eigenvalue weighted by atomic mass is 10.3. The van der Waals surface area contributed by atoms with Crippen molar-refractivity contribution in [2.75, 3.05) is 0 Å². The lowest BCUT2D eigenvalue weighted by Crippen LogP contribution is -2.21. The first kappa shape index (κ1) is 11.7. The van der Waals surface area contributed by atoms with Crippen LogP contribution in [0.4, 0.5) is 0 Å². The van der Waals surface area contributed by atoms with E-state index in [1.807, 2.05) is 11.6 Å². The van der Waals surface area contributed by atoms with Crippen LogP contribution in [0.2, 0.25) is 0 Å². The van der Waals surface area contributed by atoms with Crippen molar-refractivity contribution in [2.45, 2.75) is 32.4 Å². The number of hydrogen-bond donors (Lipinski definition) is 0. The molecule has 0 aliphatic heterocycles. The highest BCUT2D eigenvalue weighted by Gasteiger charge is 2.27. The van der Waals surface area contributed by atoms with Crippen molar-refractivity contribution < 1.29 is 0 Å². The van der Waals surface area contributed by atoms with Gasteiger partial charge in [0.15, 0.2) is 5.65 Å². The highest BCUT2D eigenvalue weighted by atomic mass is 32.1. The third-order valence-corrected chi connectivity index (χ3v) is 4.34. The zero-order chi connectivity index (χ0) is 13.7. The van der Waals surface area contributed by atoms with Gasteiger partial charge in [0.05, 0.1) is 29.4 Å². The monoisotopic (exact) mass is 288 g/mol. The third kappa shape index (κ3) is 1.75. The van der Waals surface area contributed by atoms with E-state index in [1.165, 1.54) is 11.5 Å². The van der Waals surface area contributed by atoms with Gasteiger partial charge in [-0.1, -0.05) is 4.49 Å². The van der Waals surface area contributed by atoms with Crippen LogP contribution >= 0.6 is 11.5 Å². The van der Waals surface area contributed by atoms with Crippen LogP contribution in [0.5, 0.6) is 0 Å². The van der Waals surface area contributed by atoms with Crippen molar-refractivity contribution in [3.8, 4) is 0 Å². The van der Waals surface area contributed by atoms with Crippen LogP contribution in [0.3, 0.4) is 0 Å². The summed E-state index contributed by atoms with van der Waals surface area (Å²) < 4.78 is 7.33. The number of rotatable bonds is 3. The Morgan fingerprint density at radius 1 is 1.45 bits per heavy atom. The molecule has 0 radical (unpaired) electrons. The first-order valence-electron chi connectivity index (χ1n) is 6.44. The molecule has 0 aromatic carbocycles. The molecule has 0 saturated heterocycles. The van der Waals surface area contributed by atoms with Crippen LogP contribution < -0.4 is 5.56 Å². The highest BCUT2D eigenvalue weighted by Crippen LogP contribution is 2.35. The molecule has 7 nitrogen and oxygen atoms in total. The summed E-state index contributed by atoms with van der Waals surface area (Å²) in [5.41, 5.74) is 1.48. The van der Waals surface area contributed by atoms with E-state index in [9.17, 15) is 4.79 Å². The van der Waals surface area contributed by atoms with Gasteiger partial charge < -0.3 is 0 Å². The van der Waals surface area contributed by atoms with Gasteiger partial charge in [-0.2, -0.15) is 5.10 Å². The van der Waals surface area contributed by atoms with E-state index in [0.717, 1.165) is 23.4 Å². The third-order valence-electron chi connectivity index (χ3n) is 3.53.